The molecule has 0 radical (unpaired) electrons. The van der Waals surface area contributed by atoms with E-state index in [1.807, 2.05) is 11.8 Å². The fraction of sp³-hybridized carbons (Fsp3) is 0.765. The van der Waals surface area contributed by atoms with E-state index in [9.17, 15) is 14.7 Å². The molecule has 0 aromatic heterocycles. The average Bonchev–Trinajstić information content (AvgIpc) is 2.79. The molecule has 4 nitrogen and oxygen atoms in total. The highest BCUT2D eigenvalue weighted by Gasteiger charge is 2.43. The largest absolute Gasteiger partial charge is 0.481 e. The lowest BCUT2D eigenvalue weighted by atomic mass is 9.82. The maximum atomic E-state index is 12.7. The minimum absolute atomic E-state index is 0.0379. The first-order chi connectivity index (χ1) is 9.70. The molecule has 1 saturated carbocycles. The summed E-state index contributed by atoms with van der Waals surface area (Å²) in [5.41, 5.74) is 1.54. The molecule has 1 N–H and O–H groups in total. The van der Waals surface area contributed by atoms with Crippen LogP contribution in [0.25, 0.3) is 0 Å². The van der Waals surface area contributed by atoms with Gasteiger partial charge in [0.1, 0.15) is 0 Å². The third kappa shape index (κ3) is 3.47. The van der Waals surface area contributed by atoms with Crippen LogP contribution in [0.5, 0.6) is 0 Å². The van der Waals surface area contributed by atoms with E-state index in [0.29, 0.717) is 25.3 Å². The minimum Gasteiger partial charge on any atom is -0.481 e. The molecule has 1 heterocycles. The number of hydrogen-bond donors (Lipinski definition) is 1. The predicted octanol–water partition coefficient (Wildman–Crippen LogP) is 2.94. The molecule has 2 rings (SSSR count). The van der Waals surface area contributed by atoms with Gasteiger partial charge in [-0.2, -0.15) is 0 Å². The van der Waals surface area contributed by atoms with Gasteiger partial charge < -0.3 is 10.0 Å². The van der Waals surface area contributed by atoms with Crippen LogP contribution in [0.3, 0.4) is 0 Å². The zero-order valence-corrected chi connectivity index (χ0v) is 13.6. The standard InChI is InChI=1S/C17H27NO3/c1-11-9-13(14(10-11)16(20)21)15(19)18-7-5-12(6-8-18)17(2,3)4/h5,11,13-14H,6-10H2,1-4H3,(H,20,21). The normalized spacial score (nSPS) is 30.2. The molecule has 3 atom stereocenters. The quantitative estimate of drug-likeness (QED) is 0.796. The number of hydrogen-bond acceptors (Lipinski definition) is 2. The second-order valence-corrected chi connectivity index (χ2v) is 7.64. The SMILES string of the molecule is CC1CC(C(=O)O)C(C(=O)N2CC=C(C(C)(C)C)CC2)C1. The Balaban J connectivity index is 2.05. The summed E-state index contributed by atoms with van der Waals surface area (Å²) in [6, 6.07) is 0. The van der Waals surface area contributed by atoms with Crippen LogP contribution in [0.4, 0.5) is 0 Å². The van der Waals surface area contributed by atoms with Crippen molar-refractivity contribution < 1.29 is 14.7 Å². The lowest BCUT2D eigenvalue weighted by molar-refractivity contribution is -0.149. The molecule has 0 saturated heterocycles. The molecular formula is C17H27NO3. The molecule has 1 amide bonds. The van der Waals surface area contributed by atoms with Crippen molar-refractivity contribution in [1.82, 2.24) is 4.90 Å². The fourth-order valence-electron chi connectivity index (χ4n) is 3.62. The van der Waals surface area contributed by atoms with Crippen molar-refractivity contribution in [1.29, 1.82) is 0 Å². The van der Waals surface area contributed by atoms with Gasteiger partial charge in [0.2, 0.25) is 5.91 Å². The van der Waals surface area contributed by atoms with Crippen LogP contribution in [0, 0.1) is 23.2 Å². The Labute approximate surface area is 127 Å². The Bertz CT molecular complexity index is 461. The Morgan fingerprint density at radius 2 is 1.86 bits per heavy atom. The van der Waals surface area contributed by atoms with Gasteiger partial charge in [-0.05, 0) is 30.6 Å². The van der Waals surface area contributed by atoms with Crippen molar-refractivity contribution in [2.24, 2.45) is 23.2 Å². The van der Waals surface area contributed by atoms with E-state index in [0.717, 1.165) is 13.0 Å². The first-order valence-electron chi connectivity index (χ1n) is 7.91. The number of aliphatic carboxylic acids is 1. The Morgan fingerprint density at radius 1 is 1.24 bits per heavy atom. The molecular weight excluding hydrogens is 266 g/mol. The second kappa shape index (κ2) is 5.82. The lowest BCUT2D eigenvalue weighted by Crippen LogP contribution is -2.42. The summed E-state index contributed by atoms with van der Waals surface area (Å²) in [5.74, 6) is -1.29. The highest BCUT2D eigenvalue weighted by atomic mass is 16.4. The Kier molecular flexibility index (Phi) is 4.45. The monoisotopic (exact) mass is 293 g/mol. The van der Waals surface area contributed by atoms with Gasteiger partial charge in [-0.3, -0.25) is 9.59 Å². The average molecular weight is 293 g/mol. The van der Waals surface area contributed by atoms with Gasteiger partial charge in [-0.1, -0.05) is 39.3 Å². The van der Waals surface area contributed by atoms with E-state index in [2.05, 4.69) is 26.8 Å². The van der Waals surface area contributed by atoms with Gasteiger partial charge in [-0.15, -0.1) is 0 Å². The number of rotatable bonds is 2. The van der Waals surface area contributed by atoms with Crippen LogP contribution in [0.15, 0.2) is 11.6 Å². The number of carboxylic acid groups (broad SMARTS) is 1. The summed E-state index contributed by atoms with van der Waals surface area (Å²) >= 11 is 0. The van der Waals surface area contributed by atoms with Gasteiger partial charge in [0.05, 0.1) is 11.8 Å². The third-order valence-corrected chi connectivity index (χ3v) is 4.92. The van der Waals surface area contributed by atoms with E-state index < -0.39 is 11.9 Å². The topological polar surface area (TPSA) is 57.6 Å². The lowest BCUT2D eigenvalue weighted by Gasteiger charge is -2.34. The zero-order chi connectivity index (χ0) is 15.8. The zero-order valence-electron chi connectivity index (χ0n) is 13.6. The van der Waals surface area contributed by atoms with Crippen molar-refractivity contribution in [3.63, 3.8) is 0 Å². The maximum absolute atomic E-state index is 12.7. The summed E-state index contributed by atoms with van der Waals surface area (Å²) in [7, 11) is 0. The van der Waals surface area contributed by atoms with E-state index >= 15 is 0 Å². The number of amides is 1. The molecule has 2 aliphatic rings. The Morgan fingerprint density at radius 3 is 2.33 bits per heavy atom. The van der Waals surface area contributed by atoms with Crippen molar-refractivity contribution in [3.05, 3.63) is 11.6 Å². The molecule has 0 spiro atoms. The fourth-order valence-corrected chi connectivity index (χ4v) is 3.62. The van der Waals surface area contributed by atoms with Crippen LogP contribution in [-0.2, 0) is 9.59 Å². The molecule has 21 heavy (non-hydrogen) atoms. The van der Waals surface area contributed by atoms with Crippen molar-refractivity contribution >= 4 is 11.9 Å². The van der Waals surface area contributed by atoms with Crippen molar-refractivity contribution in [3.8, 4) is 0 Å². The van der Waals surface area contributed by atoms with E-state index in [4.69, 9.17) is 0 Å². The summed E-state index contributed by atoms with van der Waals surface area (Å²) in [6.45, 7) is 9.96. The summed E-state index contributed by atoms with van der Waals surface area (Å²) in [5, 5.41) is 9.31. The number of carboxylic acids is 1. The van der Waals surface area contributed by atoms with Crippen molar-refractivity contribution in [2.75, 3.05) is 13.1 Å². The summed E-state index contributed by atoms with van der Waals surface area (Å²) in [6.07, 6.45) is 4.38. The van der Waals surface area contributed by atoms with Gasteiger partial charge in [0.15, 0.2) is 0 Å². The molecule has 1 fully saturated rings. The van der Waals surface area contributed by atoms with E-state index in [1.165, 1.54) is 5.57 Å². The minimum atomic E-state index is -0.819. The molecule has 3 unspecified atom stereocenters. The maximum Gasteiger partial charge on any atom is 0.307 e. The van der Waals surface area contributed by atoms with Gasteiger partial charge in [0, 0.05) is 13.1 Å². The smallest absolute Gasteiger partial charge is 0.307 e. The number of carbonyl (C=O) groups excluding carboxylic acids is 1. The summed E-state index contributed by atoms with van der Waals surface area (Å²) in [4.78, 5) is 25.8. The van der Waals surface area contributed by atoms with Crippen LogP contribution in [0.1, 0.15) is 47.0 Å². The van der Waals surface area contributed by atoms with Crippen molar-refractivity contribution in [2.45, 2.75) is 47.0 Å². The number of carbonyl (C=O) groups is 2. The van der Waals surface area contributed by atoms with Crippen LogP contribution in [0.2, 0.25) is 0 Å². The summed E-state index contributed by atoms with van der Waals surface area (Å²) < 4.78 is 0. The number of nitrogens with zero attached hydrogens (tertiary/aromatic N) is 1. The second-order valence-electron chi connectivity index (χ2n) is 7.64. The third-order valence-electron chi connectivity index (χ3n) is 4.92. The molecule has 4 heteroatoms. The highest BCUT2D eigenvalue weighted by Crippen LogP contribution is 2.38. The van der Waals surface area contributed by atoms with Gasteiger partial charge in [0.25, 0.3) is 0 Å². The molecule has 0 bridgehead atoms. The molecule has 118 valence electrons. The van der Waals surface area contributed by atoms with Crippen LogP contribution in [-0.4, -0.2) is 35.0 Å². The Hall–Kier alpha value is -1.32. The van der Waals surface area contributed by atoms with Gasteiger partial charge >= 0.3 is 5.97 Å². The first kappa shape index (κ1) is 16.1. The predicted molar refractivity (Wildman–Crippen MR) is 81.7 cm³/mol. The van der Waals surface area contributed by atoms with E-state index in [-0.39, 0.29) is 17.2 Å². The molecule has 1 aliphatic carbocycles. The molecule has 0 aromatic rings. The molecule has 1 aliphatic heterocycles. The van der Waals surface area contributed by atoms with Gasteiger partial charge in [-0.25, -0.2) is 0 Å². The molecule has 0 aromatic carbocycles. The van der Waals surface area contributed by atoms with E-state index in [1.54, 1.807) is 0 Å². The van der Waals surface area contributed by atoms with Crippen LogP contribution >= 0.6 is 0 Å². The first-order valence-corrected chi connectivity index (χ1v) is 7.91. The highest BCUT2D eigenvalue weighted by molar-refractivity contribution is 5.85. The van der Waals surface area contributed by atoms with Crippen LogP contribution < -0.4 is 0 Å².